The molecule has 0 bridgehead atoms. The quantitative estimate of drug-likeness (QED) is 0.243. The highest BCUT2D eigenvalue weighted by atomic mass is 19.2. The van der Waals surface area contributed by atoms with Crippen LogP contribution in [0.4, 0.5) is 8.78 Å². The summed E-state index contributed by atoms with van der Waals surface area (Å²) >= 11 is 0. The molecule has 0 aliphatic heterocycles. The zero-order chi connectivity index (χ0) is 23.9. The molecule has 34 heavy (non-hydrogen) atoms. The Morgan fingerprint density at radius 1 is 0.824 bits per heavy atom. The van der Waals surface area contributed by atoms with Gasteiger partial charge in [-0.25, -0.2) is 4.39 Å². The number of unbranched alkanes of at least 4 members (excludes halogenated alkanes) is 3. The normalized spacial score (nSPS) is 31.6. The molecular weight excluding hydrogens is 426 g/mol. The fourth-order valence-corrected chi connectivity index (χ4v) is 7.57. The van der Waals surface area contributed by atoms with Crippen LogP contribution in [-0.2, 0) is 0 Å². The molecule has 0 radical (unpaired) electrons. The maximum absolute atomic E-state index is 14.9. The zero-order valence-electron chi connectivity index (χ0n) is 21.4. The molecule has 3 saturated carbocycles. The molecule has 3 fully saturated rings. The highest BCUT2D eigenvalue weighted by Crippen LogP contribution is 2.51. The summed E-state index contributed by atoms with van der Waals surface area (Å²) in [6.07, 6.45) is 21.6. The maximum atomic E-state index is 14.9. The fraction of sp³-hybridized carbons (Fsp3) is 0.742. The van der Waals surface area contributed by atoms with Crippen LogP contribution in [0.3, 0.4) is 0 Å². The van der Waals surface area contributed by atoms with Gasteiger partial charge in [0.15, 0.2) is 11.6 Å². The number of halogens is 2. The number of hydrogen-bond acceptors (Lipinski definition) is 1. The summed E-state index contributed by atoms with van der Waals surface area (Å²) in [7, 11) is 0. The SMILES string of the molecule is C=CCOc1ccc(C2CCC3CC(C4CCC(CCCCCC)CC4)CCC3C2)c(F)c1F. The standard InChI is InChI=1S/C31H46F2O/c1-3-5-6-7-8-22-9-11-23(12-10-22)24-13-14-26-21-27(16-15-25(26)20-24)28-17-18-29(34-19-4-2)31(33)30(28)32/h4,17-18,22-27H,2-3,5-16,19-21H2,1H3. The molecule has 4 unspecified atom stereocenters. The average molecular weight is 473 g/mol. The van der Waals surface area contributed by atoms with Crippen molar-refractivity contribution in [2.45, 2.75) is 109 Å². The molecule has 4 atom stereocenters. The van der Waals surface area contributed by atoms with Gasteiger partial charge in [-0.1, -0.05) is 70.6 Å². The van der Waals surface area contributed by atoms with Crippen molar-refractivity contribution in [3.05, 3.63) is 42.0 Å². The molecule has 3 heteroatoms. The van der Waals surface area contributed by atoms with Crippen molar-refractivity contribution in [1.29, 1.82) is 0 Å². The van der Waals surface area contributed by atoms with E-state index in [4.69, 9.17) is 4.74 Å². The first kappa shape index (κ1) is 25.7. The predicted molar refractivity (Wildman–Crippen MR) is 137 cm³/mol. The van der Waals surface area contributed by atoms with E-state index < -0.39 is 11.6 Å². The Morgan fingerprint density at radius 2 is 1.50 bits per heavy atom. The first-order valence-electron chi connectivity index (χ1n) is 14.3. The van der Waals surface area contributed by atoms with E-state index in [1.807, 2.05) is 0 Å². The van der Waals surface area contributed by atoms with Gasteiger partial charge in [0.05, 0.1) is 0 Å². The van der Waals surface area contributed by atoms with E-state index >= 15 is 0 Å². The number of hydrogen-bond donors (Lipinski definition) is 0. The van der Waals surface area contributed by atoms with E-state index in [0.717, 1.165) is 36.5 Å². The third kappa shape index (κ3) is 6.24. The fourth-order valence-electron chi connectivity index (χ4n) is 7.57. The number of fused-ring (bicyclic) bond motifs is 1. The zero-order valence-corrected chi connectivity index (χ0v) is 21.4. The topological polar surface area (TPSA) is 9.23 Å². The average Bonchev–Trinajstić information content (AvgIpc) is 2.87. The van der Waals surface area contributed by atoms with Crippen molar-refractivity contribution in [2.24, 2.45) is 29.6 Å². The minimum atomic E-state index is -0.842. The van der Waals surface area contributed by atoms with Gasteiger partial charge < -0.3 is 4.74 Å². The van der Waals surface area contributed by atoms with E-state index in [-0.39, 0.29) is 18.3 Å². The number of benzene rings is 1. The number of ether oxygens (including phenoxy) is 1. The molecular formula is C31H46F2O. The van der Waals surface area contributed by atoms with Gasteiger partial charge in [0.25, 0.3) is 0 Å². The second kappa shape index (κ2) is 12.5. The highest BCUT2D eigenvalue weighted by molar-refractivity contribution is 5.33. The lowest BCUT2D eigenvalue weighted by atomic mass is 9.60. The van der Waals surface area contributed by atoms with Gasteiger partial charge in [-0.2, -0.15) is 4.39 Å². The summed E-state index contributed by atoms with van der Waals surface area (Å²) in [5, 5.41) is 0. The summed E-state index contributed by atoms with van der Waals surface area (Å²) in [5.74, 6) is 2.92. The molecule has 1 aromatic rings. The third-order valence-electron chi connectivity index (χ3n) is 9.55. The lowest BCUT2D eigenvalue weighted by Gasteiger charge is -2.45. The molecule has 1 nitrogen and oxygen atoms in total. The Bertz CT molecular complexity index is 782. The van der Waals surface area contributed by atoms with Crippen molar-refractivity contribution in [1.82, 2.24) is 0 Å². The lowest BCUT2D eigenvalue weighted by Crippen LogP contribution is -2.34. The van der Waals surface area contributed by atoms with Crippen LogP contribution in [0.1, 0.15) is 115 Å². The van der Waals surface area contributed by atoms with Gasteiger partial charge >= 0.3 is 0 Å². The van der Waals surface area contributed by atoms with E-state index in [9.17, 15) is 8.78 Å². The van der Waals surface area contributed by atoms with Crippen LogP contribution in [0, 0.1) is 41.2 Å². The van der Waals surface area contributed by atoms with Crippen LogP contribution >= 0.6 is 0 Å². The summed E-state index contributed by atoms with van der Waals surface area (Å²) < 4.78 is 34.7. The second-order valence-corrected chi connectivity index (χ2v) is 11.6. The summed E-state index contributed by atoms with van der Waals surface area (Å²) in [6.45, 7) is 6.05. The van der Waals surface area contributed by atoms with Gasteiger partial charge in [-0.05, 0) is 98.5 Å². The molecule has 0 aromatic heterocycles. The Balaban J connectivity index is 1.26. The van der Waals surface area contributed by atoms with Crippen molar-refractivity contribution in [3.8, 4) is 5.75 Å². The summed E-state index contributed by atoms with van der Waals surface area (Å²) in [6, 6.07) is 3.36. The van der Waals surface area contributed by atoms with Gasteiger partial charge in [-0.3, -0.25) is 0 Å². The maximum Gasteiger partial charge on any atom is 0.200 e. The Hall–Kier alpha value is -1.38. The minimum absolute atomic E-state index is 0.00831. The number of rotatable bonds is 10. The lowest BCUT2D eigenvalue weighted by molar-refractivity contribution is 0.0705. The Morgan fingerprint density at radius 3 is 2.24 bits per heavy atom. The molecule has 0 saturated heterocycles. The summed E-state index contributed by atoms with van der Waals surface area (Å²) in [5.41, 5.74) is 0.557. The molecule has 3 aliphatic rings. The van der Waals surface area contributed by atoms with Crippen molar-refractivity contribution in [3.63, 3.8) is 0 Å². The molecule has 0 spiro atoms. The minimum Gasteiger partial charge on any atom is -0.486 e. The van der Waals surface area contributed by atoms with Gasteiger partial charge in [-0.15, -0.1) is 0 Å². The first-order chi connectivity index (χ1) is 16.6. The van der Waals surface area contributed by atoms with Crippen LogP contribution < -0.4 is 4.74 Å². The molecule has 1 aromatic carbocycles. The monoisotopic (exact) mass is 472 g/mol. The van der Waals surface area contributed by atoms with E-state index in [1.165, 1.54) is 83.5 Å². The molecule has 0 N–H and O–H groups in total. The predicted octanol–water partition coefficient (Wildman–Crippen LogP) is 9.61. The van der Waals surface area contributed by atoms with Crippen molar-refractivity contribution in [2.75, 3.05) is 6.61 Å². The van der Waals surface area contributed by atoms with Crippen molar-refractivity contribution < 1.29 is 13.5 Å². The van der Waals surface area contributed by atoms with Crippen molar-refractivity contribution >= 4 is 0 Å². The molecule has 4 rings (SSSR count). The first-order valence-corrected chi connectivity index (χ1v) is 14.3. The van der Waals surface area contributed by atoms with E-state index in [0.29, 0.717) is 11.5 Å². The van der Waals surface area contributed by atoms with Crippen LogP contribution in [0.2, 0.25) is 0 Å². The Kier molecular flexibility index (Phi) is 9.48. The van der Waals surface area contributed by atoms with Gasteiger partial charge in [0.2, 0.25) is 5.82 Å². The van der Waals surface area contributed by atoms with Gasteiger partial charge in [0.1, 0.15) is 6.61 Å². The smallest absolute Gasteiger partial charge is 0.200 e. The van der Waals surface area contributed by atoms with E-state index in [2.05, 4.69) is 13.5 Å². The molecule has 190 valence electrons. The largest absolute Gasteiger partial charge is 0.486 e. The summed E-state index contributed by atoms with van der Waals surface area (Å²) in [4.78, 5) is 0. The Labute approximate surface area is 206 Å². The van der Waals surface area contributed by atoms with Gasteiger partial charge in [0, 0.05) is 0 Å². The third-order valence-corrected chi connectivity index (χ3v) is 9.55. The molecule has 0 amide bonds. The van der Waals surface area contributed by atoms with Crippen LogP contribution in [-0.4, -0.2) is 6.61 Å². The molecule has 3 aliphatic carbocycles. The molecule has 0 heterocycles. The second-order valence-electron chi connectivity index (χ2n) is 11.6. The van der Waals surface area contributed by atoms with Crippen LogP contribution in [0.15, 0.2) is 24.8 Å². The van der Waals surface area contributed by atoms with E-state index in [1.54, 1.807) is 18.2 Å². The van der Waals surface area contributed by atoms with Crippen LogP contribution in [0.25, 0.3) is 0 Å². The highest BCUT2D eigenvalue weighted by Gasteiger charge is 2.39. The van der Waals surface area contributed by atoms with Crippen LogP contribution in [0.5, 0.6) is 5.75 Å².